The molecule has 0 saturated carbocycles. The fourth-order valence-corrected chi connectivity index (χ4v) is 3.64. The van der Waals surface area contributed by atoms with E-state index in [2.05, 4.69) is 10.6 Å². The molecule has 4 amide bonds. The van der Waals surface area contributed by atoms with Crippen molar-refractivity contribution in [1.29, 1.82) is 0 Å². The van der Waals surface area contributed by atoms with Crippen LogP contribution in [0.2, 0.25) is 0 Å². The number of carbonyl (C=O) groups excluding carboxylic acids is 3. The van der Waals surface area contributed by atoms with Gasteiger partial charge in [-0.3, -0.25) is 9.59 Å². The topological polar surface area (TPSA) is 81.8 Å². The van der Waals surface area contributed by atoms with E-state index in [-0.39, 0.29) is 17.9 Å². The van der Waals surface area contributed by atoms with Gasteiger partial charge in [-0.25, -0.2) is 9.18 Å². The molecule has 0 bridgehead atoms. The number of likely N-dealkylation sites (N-methyl/N-ethyl adjacent to an activating group) is 1. The standard InChI is InChI=1S/C21H31FN4O3/c1-4-23-21(29)26-13-11-15(12-14-26)18(20(28)25(5-2)6-3)24-19(27)16-7-9-17(22)10-8-16/h7-10,15,18H,4-6,11-14H2,1-3H3,(H,23,29)(H,24,27)/t18-/m0/s1. The lowest BCUT2D eigenvalue weighted by molar-refractivity contribution is -0.134. The Bertz CT molecular complexity index is 698. The lowest BCUT2D eigenvalue weighted by atomic mass is 9.88. The van der Waals surface area contributed by atoms with Crippen LogP contribution in [0.3, 0.4) is 0 Å². The Hall–Kier alpha value is -2.64. The molecule has 1 aromatic carbocycles. The zero-order valence-corrected chi connectivity index (χ0v) is 17.4. The second-order valence-corrected chi connectivity index (χ2v) is 7.13. The van der Waals surface area contributed by atoms with E-state index >= 15 is 0 Å². The highest BCUT2D eigenvalue weighted by Crippen LogP contribution is 2.23. The minimum atomic E-state index is -0.677. The van der Waals surface area contributed by atoms with E-state index < -0.39 is 17.8 Å². The van der Waals surface area contributed by atoms with Crippen molar-refractivity contribution < 1.29 is 18.8 Å². The Kier molecular flexibility index (Phi) is 8.42. The van der Waals surface area contributed by atoms with Crippen molar-refractivity contribution in [2.45, 2.75) is 39.7 Å². The highest BCUT2D eigenvalue weighted by Gasteiger charge is 2.35. The van der Waals surface area contributed by atoms with Crippen molar-refractivity contribution in [1.82, 2.24) is 20.4 Å². The first-order valence-electron chi connectivity index (χ1n) is 10.3. The van der Waals surface area contributed by atoms with Crippen LogP contribution in [0.4, 0.5) is 9.18 Å². The molecular weight excluding hydrogens is 375 g/mol. The van der Waals surface area contributed by atoms with E-state index in [4.69, 9.17) is 0 Å². The van der Waals surface area contributed by atoms with Gasteiger partial charge < -0.3 is 20.4 Å². The summed E-state index contributed by atoms with van der Waals surface area (Å²) >= 11 is 0. The van der Waals surface area contributed by atoms with Crippen LogP contribution < -0.4 is 10.6 Å². The third-order valence-corrected chi connectivity index (χ3v) is 5.36. The number of carbonyl (C=O) groups is 3. The minimum absolute atomic E-state index is 0.0711. The molecule has 1 heterocycles. The number of benzene rings is 1. The Balaban J connectivity index is 2.13. The van der Waals surface area contributed by atoms with E-state index in [0.29, 0.717) is 51.1 Å². The normalized spacial score (nSPS) is 15.5. The number of halogens is 1. The zero-order valence-electron chi connectivity index (χ0n) is 17.4. The maximum atomic E-state index is 13.2. The van der Waals surface area contributed by atoms with E-state index in [0.717, 1.165) is 0 Å². The molecule has 1 aliphatic rings. The van der Waals surface area contributed by atoms with Gasteiger partial charge >= 0.3 is 6.03 Å². The molecule has 2 rings (SSSR count). The lowest BCUT2D eigenvalue weighted by Gasteiger charge is -2.37. The summed E-state index contributed by atoms with van der Waals surface area (Å²) in [6.07, 6.45) is 1.25. The van der Waals surface area contributed by atoms with Crippen molar-refractivity contribution in [2.75, 3.05) is 32.7 Å². The van der Waals surface area contributed by atoms with E-state index in [9.17, 15) is 18.8 Å². The number of amides is 4. The summed E-state index contributed by atoms with van der Waals surface area (Å²) in [4.78, 5) is 41.3. The van der Waals surface area contributed by atoms with Gasteiger partial charge in [0.05, 0.1) is 0 Å². The predicted molar refractivity (Wildman–Crippen MR) is 109 cm³/mol. The van der Waals surface area contributed by atoms with Gasteiger partial charge in [0.2, 0.25) is 5.91 Å². The van der Waals surface area contributed by atoms with Crippen LogP contribution in [-0.4, -0.2) is 66.4 Å². The van der Waals surface area contributed by atoms with Crippen LogP contribution in [0, 0.1) is 11.7 Å². The van der Waals surface area contributed by atoms with Gasteiger partial charge in [0, 0.05) is 38.3 Å². The second-order valence-electron chi connectivity index (χ2n) is 7.13. The molecule has 1 aliphatic heterocycles. The number of likely N-dealkylation sites (tertiary alicyclic amines) is 1. The highest BCUT2D eigenvalue weighted by atomic mass is 19.1. The highest BCUT2D eigenvalue weighted by molar-refractivity contribution is 5.97. The monoisotopic (exact) mass is 406 g/mol. The number of nitrogens with zero attached hydrogens (tertiary/aromatic N) is 2. The molecule has 29 heavy (non-hydrogen) atoms. The van der Waals surface area contributed by atoms with Gasteiger partial charge in [-0.15, -0.1) is 0 Å². The summed E-state index contributed by atoms with van der Waals surface area (Å²) < 4.78 is 13.2. The Morgan fingerprint density at radius 3 is 2.21 bits per heavy atom. The minimum Gasteiger partial charge on any atom is -0.341 e. The number of hydrogen-bond donors (Lipinski definition) is 2. The molecule has 8 heteroatoms. The fourth-order valence-electron chi connectivity index (χ4n) is 3.64. The summed E-state index contributed by atoms with van der Waals surface area (Å²) in [5.74, 6) is -1.02. The molecule has 1 fully saturated rings. The Morgan fingerprint density at radius 2 is 1.69 bits per heavy atom. The van der Waals surface area contributed by atoms with Gasteiger partial charge in [0.25, 0.3) is 5.91 Å². The van der Waals surface area contributed by atoms with Crippen molar-refractivity contribution in [3.63, 3.8) is 0 Å². The molecule has 0 unspecified atom stereocenters. The molecule has 1 saturated heterocycles. The first-order chi connectivity index (χ1) is 13.9. The first kappa shape index (κ1) is 22.6. The molecule has 7 nitrogen and oxygen atoms in total. The molecule has 1 atom stereocenters. The van der Waals surface area contributed by atoms with Crippen molar-refractivity contribution >= 4 is 17.8 Å². The molecule has 0 aliphatic carbocycles. The smallest absolute Gasteiger partial charge is 0.317 e. The van der Waals surface area contributed by atoms with Crippen LogP contribution in [0.1, 0.15) is 44.0 Å². The Labute approximate surface area is 171 Å². The van der Waals surface area contributed by atoms with Crippen molar-refractivity contribution in [2.24, 2.45) is 5.92 Å². The lowest BCUT2D eigenvalue weighted by Crippen LogP contribution is -2.55. The van der Waals surface area contributed by atoms with Crippen LogP contribution in [0.15, 0.2) is 24.3 Å². The van der Waals surface area contributed by atoms with Crippen LogP contribution in [0.25, 0.3) is 0 Å². The molecule has 2 N–H and O–H groups in total. The van der Waals surface area contributed by atoms with Crippen LogP contribution >= 0.6 is 0 Å². The second kappa shape index (κ2) is 10.8. The fraction of sp³-hybridized carbons (Fsp3) is 0.571. The third kappa shape index (κ3) is 5.92. The maximum absolute atomic E-state index is 13.2. The summed E-state index contributed by atoms with van der Waals surface area (Å²) in [5, 5.41) is 5.66. The molecule has 0 aromatic heterocycles. The summed E-state index contributed by atoms with van der Waals surface area (Å²) in [5.41, 5.74) is 0.309. The number of piperidine rings is 1. The zero-order chi connectivity index (χ0) is 21.4. The quantitative estimate of drug-likeness (QED) is 0.729. The number of nitrogens with one attached hydrogen (secondary N) is 2. The number of hydrogen-bond acceptors (Lipinski definition) is 3. The number of urea groups is 1. The molecule has 160 valence electrons. The van der Waals surface area contributed by atoms with Crippen molar-refractivity contribution in [3.8, 4) is 0 Å². The summed E-state index contributed by atoms with van der Waals surface area (Å²) in [6, 6.07) is 4.47. The summed E-state index contributed by atoms with van der Waals surface area (Å²) in [6.45, 7) is 8.40. The molecule has 0 radical (unpaired) electrons. The van der Waals surface area contributed by atoms with Gasteiger partial charge in [-0.05, 0) is 63.8 Å². The van der Waals surface area contributed by atoms with Gasteiger partial charge in [0.1, 0.15) is 11.9 Å². The third-order valence-electron chi connectivity index (χ3n) is 5.36. The first-order valence-corrected chi connectivity index (χ1v) is 10.3. The van der Waals surface area contributed by atoms with E-state index in [1.54, 1.807) is 9.80 Å². The molecular formula is C21H31FN4O3. The van der Waals surface area contributed by atoms with Crippen LogP contribution in [0.5, 0.6) is 0 Å². The number of rotatable bonds is 7. The predicted octanol–water partition coefficient (Wildman–Crippen LogP) is 2.23. The van der Waals surface area contributed by atoms with E-state index in [1.807, 2.05) is 20.8 Å². The SMILES string of the molecule is CCNC(=O)N1CCC([C@H](NC(=O)c2ccc(F)cc2)C(=O)N(CC)CC)CC1. The average molecular weight is 407 g/mol. The van der Waals surface area contributed by atoms with Gasteiger partial charge in [0.15, 0.2) is 0 Å². The summed E-state index contributed by atoms with van der Waals surface area (Å²) in [7, 11) is 0. The molecule has 1 aromatic rings. The maximum Gasteiger partial charge on any atom is 0.317 e. The van der Waals surface area contributed by atoms with Gasteiger partial charge in [-0.2, -0.15) is 0 Å². The van der Waals surface area contributed by atoms with Crippen molar-refractivity contribution in [3.05, 3.63) is 35.6 Å². The molecule has 0 spiro atoms. The average Bonchev–Trinajstić information content (AvgIpc) is 2.73. The van der Waals surface area contributed by atoms with Crippen LogP contribution in [-0.2, 0) is 4.79 Å². The largest absolute Gasteiger partial charge is 0.341 e. The van der Waals surface area contributed by atoms with E-state index in [1.165, 1.54) is 24.3 Å². The van der Waals surface area contributed by atoms with Gasteiger partial charge in [-0.1, -0.05) is 0 Å². The Morgan fingerprint density at radius 1 is 1.10 bits per heavy atom.